The lowest BCUT2D eigenvalue weighted by Crippen LogP contribution is -2.44. The molecular formula is C54H80N8O11S2. The molecule has 0 bridgehead atoms. The second-order valence-electron chi connectivity index (χ2n) is 19.3. The molecule has 2 saturated heterocycles. The van der Waals surface area contributed by atoms with Crippen LogP contribution in [0, 0.1) is 27.7 Å². The number of hydrogen-bond donors (Lipinski definition) is 3. The van der Waals surface area contributed by atoms with Gasteiger partial charge in [0, 0.05) is 94.4 Å². The molecule has 414 valence electrons. The lowest BCUT2D eigenvalue weighted by atomic mass is 10.0. The number of benzene rings is 4. The second kappa shape index (κ2) is 28.5. The van der Waals surface area contributed by atoms with E-state index in [4.69, 9.17) is 25.1 Å². The Labute approximate surface area is 445 Å². The average Bonchev–Trinajstić information content (AvgIpc) is 3.37. The summed E-state index contributed by atoms with van der Waals surface area (Å²) < 4.78 is 68.9. The zero-order valence-electron chi connectivity index (χ0n) is 45.9. The van der Waals surface area contributed by atoms with Gasteiger partial charge in [0.05, 0.1) is 30.6 Å². The van der Waals surface area contributed by atoms with Crippen LogP contribution in [0.5, 0.6) is 11.5 Å². The third-order valence-corrected chi connectivity index (χ3v) is 17.8. The number of aryl methyl sites for hydroxylation is 4. The largest absolute Gasteiger partial charge is 0.497 e. The highest BCUT2D eigenvalue weighted by Gasteiger charge is 2.29. The summed E-state index contributed by atoms with van der Waals surface area (Å²) in [4.78, 5) is 46.4. The van der Waals surface area contributed by atoms with Gasteiger partial charge in [-0.3, -0.25) is 14.4 Å². The van der Waals surface area contributed by atoms with Crippen LogP contribution >= 0.6 is 0 Å². The zero-order valence-corrected chi connectivity index (χ0v) is 47.5. The average molecular weight is 1080 g/mol. The third-order valence-electron chi connectivity index (χ3n) is 13.5. The SMILES string of the molecule is CN(C)C1CCN(C(=O)c2ccc(N)cc2)CC1.COc1cc(C)c(S(=O)(=O)N(C)CCC(=O)Nc2ccc(C(=O)N3CCC(N(C)C)CC3)cc2)c(C)c1.COc1cc(C)c(S(=O)(=O)N(C)CCOCO)c(C)c1. The van der Waals surface area contributed by atoms with Crippen molar-refractivity contribution in [2.75, 3.05) is 120 Å². The number of anilines is 2. The minimum absolute atomic E-state index is 0.00830. The molecule has 0 aromatic heterocycles. The number of nitrogens with zero attached hydrogens (tertiary/aromatic N) is 6. The summed E-state index contributed by atoms with van der Waals surface area (Å²) in [5.41, 5.74) is 10.6. The monoisotopic (exact) mass is 1080 g/mol. The Balaban J connectivity index is 0.000000269. The molecular weight excluding hydrogens is 1000 g/mol. The van der Waals surface area contributed by atoms with Crippen molar-refractivity contribution in [3.8, 4) is 11.5 Å². The van der Waals surface area contributed by atoms with Crippen LogP contribution in [0.1, 0.15) is 75.1 Å². The molecule has 2 heterocycles. The number of sulfonamides is 2. The van der Waals surface area contributed by atoms with Crippen LogP contribution in [0.4, 0.5) is 11.4 Å². The van der Waals surface area contributed by atoms with Crippen molar-refractivity contribution in [2.24, 2.45) is 0 Å². The molecule has 75 heavy (non-hydrogen) atoms. The first-order chi connectivity index (χ1) is 35.3. The van der Waals surface area contributed by atoms with Gasteiger partial charge in [-0.1, -0.05) is 0 Å². The number of likely N-dealkylation sites (tertiary alicyclic amines) is 2. The molecule has 4 aromatic carbocycles. The quantitative estimate of drug-likeness (QED) is 0.0640. The van der Waals surface area contributed by atoms with Crippen LogP contribution in [-0.4, -0.2) is 189 Å². The molecule has 0 spiro atoms. The number of amides is 3. The summed E-state index contributed by atoms with van der Waals surface area (Å²) in [5.74, 6) is 1.02. The van der Waals surface area contributed by atoms with Crippen LogP contribution in [0.15, 0.2) is 82.6 Å². The highest BCUT2D eigenvalue weighted by Crippen LogP contribution is 2.29. The molecule has 0 radical (unpaired) electrons. The number of aliphatic hydroxyl groups is 1. The summed E-state index contributed by atoms with van der Waals surface area (Å²) in [6.07, 6.45) is 4.00. The van der Waals surface area contributed by atoms with E-state index in [9.17, 15) is 31.2 Å². The van der Waals surface area contributed by atoms with Crippen LogP contribution in [0.3, 0.4) is 0 Å². The number of ether oxygens (including phenoxy) is 3. The fourth-order valence-corrected chi connectivity index (χ4v) is 12.2. The Morgan fingerprint density at radius 2 is 0.973 bits per heavy atom. The van der Waals surface area contributed by atoms with Crippen LogP contribution in [-0.2, 0) is 29.6 Å². The van der Waals surface area contributed by atoms with Crippen LogP contribution < -0.4 is 20.5 Å². The van der Waals surface area contributed by atoms with Gasteiger partial charge in [-0.25, -0.2) is 21.1 Å². The Morgan fingerprint density at radius 3 is 1.32 bits per heavy atom. The summed E-state index contributed by atoms with van der Waals surface area (Å²) >= 11 is 0. The van der Waals surface area contributed by atoms with Crippen molar-refractivity contribution in [3.05, 3.63) is 106 Å². The fraction of sp³-hybridized carbons (Fsp3) is 0.500. The molecule has 4 N–H and O–H groups in total. The predicted molar refractivity (Wildman–Crippen MR) is 293 cm³/mol. The molecule has 0 aliphatic carbocycles. The van der Waals surface area contributed by atoms with Crippen LogP contribution in [0.25, 0.3) is 0 Å². The molecule has 0 unspecified atom stereocenters. The number of piperidine rings is 2. The van der Waals surface area contributed by atoms with E-state index >= 15 is 0 Å². The number of rotatable bonds is 18. The van der Waals surface area contributed by atoms with Gasteiger partial charge in [-0.05, 0) is 177 Å². The number of nitrogen functional groups attached to an aromatic ring is 1. The number of methoxy groups -OCH3 is 2. The van der Waals surface area contributed by atoms with E-state index in [2.05, 4.69) is 43.3 Å². The number of likely N-dealkylation sites (N-methyl/N-ethyl adjacent to an activating group) is 1. The molecule has 19 nitrogen and oxygen atoms in total. The van der Waals surface area contributed by atoms with Gasteiger partial charge in [0.2, 0.25) is 26.0 Å². The molecule has 3 amide bonds. The van der Waals surface area contributed by atoms with Gasteiger partial charge in [0.25, 0.3) is 11.8 Å². The van der Waals surface area contributed by atoms with E-state index in [0.29, 0.717) is 62.8 Å². The van der Waals surface area contributed by atoms with Gasteiger partial charge in [0.1, 0.15) is 18.3 Å². The molecule has 0 saturated carbocycles. The molecule has 0 atom stereocenters. The van der Waals surface area contributed by atoms with Gasteiger partial charge in [-0.15, -0.1) is 0 Å². The zero-order chi connectivity index (χ0) is 55.8. The fourth-order valence-electron chi connectivity index (χ4n) is 9.02. The van der Waals surface area contributed by atoms with Gasteiger partial charge < -0.3 is 50.0 Å². The second-order valence-corrected chi connectivity index (χ2v) is 23.3. The smallest absolute Gasteiger partial charge is 0.253 e. The highest BCUT2D eigenvalue weighted by molar-refractivity contribution is 7.89. The predicted octanol–water partition coefficient (Wildman–Crippen LogP) is 5.46. The van der Waals surface area contributed by atoms with Crippen molar-refractivity contribution >= 4 is 49.1 Å². The minimum atomic E-state index is -3.78. The van der Waals surface area contributed by atoms with E-state index in [1.807, 2.05) is 9.80 Å². The Kier molecular flexibility index (Phi) is 23.5. The summed E-state index contributed by atoms with van der Waals surface area (Å²) in [6.45, 7) is 9.98. The van der Waals surface area contributed by atoms with E-state index in [1.54, 1.807) is 108 Å². The van der Waals surface area contributed by atoms with Crippen molar-refractivity contribution < 1.29 is 50.5 Å². The first kappa shape index (κ1) is 61.9. The van der Waals surface area contributed by atoms with E-state index in [1.165, 1.54) is 29.8 Å². The number of carbonyl (C=O) groups is 3. The first-order valence-electron chi connectivity index (χ1n) is 24.9. The van der Waals surface area contributed by atoms with Crippen molar-refractivity contribution in [3.63, 3.8) is 0 Å². The Hall–Kier alpha value is -5.65. The number of nitrogens with one attached hydrogen (secondary N) is 1. The molecule has 2 fully saturated rings. The minimum Gasteiger partial charge on any atom is -0.497 e. The lowest BCUT2D eigenvalue weighted by Gasteiger charge is -2.35. The molecule has 2 aliphatic heterocycles. The summed E-state index contributed by atoms with van der Waals surface area (Å²) in [5, 5.41) is 11.3. The van der Waals surface area contributed by atoms with Gasteiger partial charge in [-0.2, -0.15) is 4.31 Å². The number of aliphatic hydroxyl groups excluding tert-OH is 1. The highest BCUT2D eigenvalue weighted by atomic mass is 32.2. The lowest BCUT2D eigenvalue weighted by molar-refractivity contribution is -0.116. The maximum Gasteiger partial charge on any atom is 0.253 e. The third kappa shape index (κ3) is 17.2. The van der Waals surface area contributed by atoms with Crippen LogP contribution in [0.2, 0.25) is 0 Å². The van der Waals surface area contributed by atoms with E-state index in [-0.39, 0.29) is 53.6 Å². The molecule has 6 rings (SSSR count). The van der Waals surface area contributed by atoms with E-state index in [0.717, 1.165) is 57.4 Å². The topological polar surface area (TPSA) is 225 Å². The summed E-state index contributed by atoms with van der Waals surface area (Å²) in [7, 11) is 6.99. The Morgan fingerprint density at radius 1 is 0.613 bits per heavy atom. The number of hydrogen-bond acceptors (Lipinski definition) is 14. The molecule has 4 aromatic rings. The van der Waals surface area contributed by atoms with E-state index < -0.39 is 26.8 Å². The standard InChI is InChI=1S/C27H38N4O5S.C14H21N3O.C13H21NO5S/c1-19-17-24(36-6)18-20(2)26(19)37(34,35)30(5)14-13-25(32)28-22-9-7-21(8-10-22)27(33)31-15-11-23(12-16-31)29(3)4;1-16(2)13-7-9-17(10-8-13)14(18)11-3-5-12(15)6-4-11;1-10-7-12(18-4)8-11(2)13(10)20(16,17)14(3)5-6-19-9-15/h7-10,17-18,23H,11-16H2,1-6H3,(H,28,32);3-6,13H,7-10,15H2,1-2H3;7-8,15H,5-6,9H2,1-4H3. The Bertz CT molecular complexity index is 2700. The molecule has 21 heteroatoms. The van der Waals surface area contributed by atoms with Crippen molar-refractivity contribution in [2.45, 2.75) is 81.7 Å². The van der Waals surface area contributed by atoms with Gasteiger partial charge >= 0.3 is 0 Å². The number of carbonyl (C=O) groups excluding carboxylic acids is 3. The number of nitrogens with two attached hydrogens (primary N) is 1. The normalized spacial score (nSPS) is 14.6. The van der Waals surface area contributed by atoms with Crippen molar-refractivity contribution in [1.29, 1.82) is 0 Å². The summed E-state index contributed by atoms with van der Waals surface area (Å²) in [6, 6.07) is 21.8. The molecule has 2 aliphatic rings. The van der Waals surface area contributed by atoms with Gasteiger partial charge in [0.15, 0.2) is 0 Å². The van der Waals surface area contributed by atoms with Crippen molar-refractivity contribution in [1.82, 2.24) is 28.2 Å². The maximum atomic E-state index is 13.1. The first-order valence-corrected chi connectivity index (χ1v) is 27.8. The maximum absolute atomic E-state index is 13.1.